The van der Waals surface area contributed by atoms with Crippen LogP contribution in [-0.2, 0) is 21.7 Å². The van der Waals surface area contributed by atoms with Gasteiger partial charge in [-0.2, -0.15) is 0 Å². The first kappa shape index (κ1) is 76.8. The Kier molecular flexibility index (Phi) is 18.1. The Balaban J connectivity index is 0.000000142. The molecule has 4 aliphatic carbocycles. The van der Waals surface area contributed by atoms with E-state index in [0.717, 1.165) is 34.1 Å². The minimum atomic E-state index is -0.542. The van der Waals surface area contributed by atoms with Crippen molar-refractivity contribution in [1.82, 2.24) is 0 Å². The van der Waals surface area contributed by atoms with Crippen LogP contribution in [0.5, 0.6) is 0 Å². The predicted octanol–water partition coefficient (Wildman–Crippen LogP) is 33.8. The van der Waals surface area contributed by atoms with Gasteiger partial charge < -0.3 is 9.80 Å². The van der Waals surface area contributed by atoms with E-state index in [1.54, 1.807) is 0 Å². The van der Waals surface area contributed by atoms with Crippen molar-refractivity contribution in [3.05, 3.63) is 563 Å². The van der Waals surface area contributed by atoms with Gasteiger partial charge in [-0.15, -0.1) is 22.7 Å². The molecule has 4 aliphatic rings. The molecule has 4 heteroatoms. The van der Waals surface area contributed by atoms with E-state index < -0.39 is 16.2 Å². The first-order chi connectivity index (χ1) is 64.2. The van der Waals surface area contributed by atoms with Gasteiger partial charge in [-0.05, 0) is 254 Å². The van der Waals surface area contributed by atoms with Gasteiger partial charge in [-0.3, -0.25) is 0 Å². The van der Waals surface area contributed by atoms with Crippen LogP contribution in [0, 0.1) is 0 Å². The van der Waals surface area contributed by atoms with Crippen LogP contribution in [0.4, 0.5) is 34.1 Å². The van der Waals surface area contributed by atoms with E-state index >= 15 is 0 Å². The van der Waals surface area contributed by atoms with E-state index in [1.165, 1.54) is 185 Å². The van der Waals surface area contributed by atoms with Crippen molar-refractivity contribution >= 4 is 97.1 Å². The van der Waals surface area contributed by atoms with Gasteiger partial charge in [0.15, 0.2) is 0 Å². The van der Waals surface area contributed by atoms with Gasteiger partial charge in [0.2, 0.25) is 0 Å². The van der Waals surface area contributed by atoms with E-state index in [9.17, 15) is 0 Å². The molecular weight excluding hydrogens is 1610 g/mol. The summed E-state index contributed by atoms with van der Waals surface area (Å²) in [7, 11) is 0. The number of benzene rings is 20. The maximum Gasteiger partial charge on any atom is 0.0714 e. The summed E-state index contributed by atoms with van der Waals surface area (Å²) in [5.41, 5.74) is 38.2. The molecule has 0 atom stereocenters. The molecule has 130 heavy (non-hydrogen) atoms. The van der Waals surface area contributed by atoms with Gasteiger partial charge in [0, 0.05) is 79.9 Å². The molecular formula is C126H86N2S2. The highest BCUT2D eigenvalue weighted by Crippen LogP contribution is 2.63. The third-order valence-electron chi connectivity index (χ3n) is 28.6. The van der Waals surface area contributed by atoms with Gasteiger partial charge in [0.1, 0.15) is 0 Å². The zero-order valence-corrected chi connectivity index (χ0v) is 73.5. The molecule has 0 N–H and O–H groups in total. The van der Waals surface area contributed by atoms with Crippen molar-refractivity contribution in [3.8, 4) is 66.8 Å². The fourth-order valence-corrected chi connectivity index (χ4v) is 25.0. The summed E-state index contributed by atoms with van der Waals surface area (Å²) in [6.45, 7) is 4.74. The normalized spacial score (nSPS) is 13.9. The molecule has 2 nitrogen and oxygen atoms in total. The summed E-state index contributed by atoms with van der Waals surface area (Å²) < 4.78 is 5.29. The van der Waals surface area contributed by atoms with Crippen molar-refractivity contribution in [2.45, 2.75) is 35.5 Å². The van der Waals surface area contributed by atoms with Gasteiger partial charge in [-0.25, -0.2) is 0 Å². The molecule has 2 heterocycles. The second-order valence-corrected chi connectivity index (χ2v) is 37.7. The van der Waals surface area contributed by atoms with Gasteiger partial charge in [-0.1, -0.05) is 390 Å². The fraction of sp³-hybridized carbons (Fsp3) is 0.0476. The Labute approximate surface area is 766 Å². The lowest BCUT2D eigenvalue weighted by Crippen LogP contribution is -2.29. The number of thiophene rings is 2. The summed E-state index contributed by atoms with van der Waals surface area (Å²) in [5.74, 6) is 0. The first-order valence-corrected chi connectivity index (χ1v) is 46.8. The van der Waals surface area contributed by atoms with Gasteiger partial charge in [0.25, 0.3) is 0 Å². The van der Waals surface area contributed by atoms with Crippen LogP contribution in [0.1, 0.15) is 91.7 Å². The Morgan fingerprint density at radius 1 is 0.162 bits per heavy atom. The number of hydrogen-bond acceptors (Lipinski definition) is 4. The van der Waals surface area contributed by atoms with Crippen LogP contribution < -0.4 is 9.80 Å². The zero-order chi connectivity index (χ0) is 86.2. The highest BCUT2D eigenvalue weighted by Gasteiger charge is 2.50. The van der Waals surface area contributed by atoms with Crippen molar-refractivity contribution in [2.75, 3.05) is 9.80 Å². The predicted molar refractivity (Wildman–Crippen MR) is 548 cm³/mol. The molecule has 0 saturated carbocycles. The molecule has 0 bridgehead atoms. The van der Waals surface area contributed by atoms with Crippen molar-refractivity contribution in [1.29, 1.82) is 0 Å². The monoisotopic (exact) mass is 1690 g/mol. The van der Waals surface area contributed by atoms with E-state index in [1.807, 2.05) is 22.7 Å². The number of fused-ring (bicyclic) bond motifs is 18. The highest BCUT2D eigenvalue weighted by atomic mass is 32.1. The zero-order valence-electron chi connectivity index (χ0n) is 71.9. The maximum atomic E-state index is 2.49. The van der Waals surface area contributed by atoms with Crippen LogP contribution in [0.25, 0.3) is 107 Å². The average Bonchev–Trinajstić information content (AvgIpc) is 1.54. The minimum Gasteiger partial charge on any atom is -0.310 e. The highest BCUT2D eigenvalue weighted by molar-refractivity contribution is 7.26. The SMILES string of the molecule is CC1(C)c2ccccc2-c2ccc(N(c3ccc(-c4ccc5sc6ccccc6c5c4)cc3)c3ccc4c(c3)C(c3ccccc3)(c3ccccc3)c3ccccc3-4)cc21.c1ccc(C2(c3ccccc3)c3ccccc3-c3ccc(N(c4ccc(-c5ccc6sc7ccccc7c6c5)cc4)c4ccc5c(c4)C(c4ccccc4)(c4ccccc4)c4ccccc4-5)cc32)cc1. The third kappa shape index (κ3) is 11.8. The molecule has 0 unspecified atom stereocenters. The van der Waals surface area contributed by atoms with E-state index in [0.29, 0.717) is 0 Å². The summed E-state index contributed by atoms with van der Waals surface area (Å²) in [6, 6.07) is 181. The van der Waals surface area contributed by atoms with Gasteiger partial charge >= 0.3 is 0 Å². The summed E-state index contributed by atoms with van der Waals surface area (Å²) in [6.07, 6.45) is 0. The lowest BCUT2D eigenvalue weighted by Gasteiger charge is -2.36. The summed E-state index contributed by atoms with van der Waals surface area (Å²) in [5, 5.41) is 5.27. The van der Waals surface area contributed by atoms with Gasteiger partial charge in [0.05, 0.1) is 16.2 Å². The topological polar surface area (TPSA) is 6.48 Å². The Morgan fingerprint density at radius 2 is 0.392 bits per heavy atom. The molecule has 612 valence electrons. The summed E-state index contributed by atoms with van der Waals surface area (Å²) in [4.78, 5) is 4.97. The molecule has 0 aliphatic heterocycles. The van der Waals surface area contributed by atoms with Crippen molar-refractivity contribution in [3.63, 3.8) is 0 Å². The van der Waals surface area contributed by atoms with Crippen molar-refractivity contribution < 1.29 is 0 Å². The second kappa shape index (κ2) is 30.6. The first-order valence-electron chi connectivity index (χ1n) is 45.2. The smallest absolute Gasteiger partial charge is 0.0714 e. The molecule has 0 spiro atoms. The molecule has 0 radical (unpaired) electrons. The number of anilines is 6. The Morgan fingerprint density at radius 3 is 0.715 bits per heavy atom. The molecule has 2 aromatic heterocycles. The quantitative estimate of drug-likeness (QED) is 0.107. The fourth-order valence-electron chi connectivity index (χ4n) is 22.9. The summed E-state index contributed by atoms with van der Waals surface area (Å²) >= 11 is 3.73. The lowest BCUT2D eigenvalue weighted by molar-refractivity contribution is 0.660. The van der Waals surface area contributed by atoms with Crippen LogP contribution in [-0.4, -0.2) is 0 Å². The number of nitrogens with zero attached hydrogens (tertiary/aromatic N) is 2. The van der Waals surface area contributed by atoms with Crippen molar-refractivity contribution in [2.24, 2.45) is 0 Å². The van der Waals surface area contributed by atoms with Crippen LogP contribution >= 0.6 is 22.7 Å². The van der Waals surface area contributed by atoms with E-state index in [2.05, 4.69) is 509 Å². The molecule has 0 fully saturated rings. The third-order valence-corrected chi connectivity index (χ3v) is 30.9. The maximum absolute atomic E-state index is 2.49. The van der Waals surface area contributed by atoms with Crippen LogP contribution in [0.2, 0.25) is 0 Å². The van der Waals surface area contributed by atoms with Crippen LogP contribution in [0.3, 0.4) is 0 Å². The molecule has 0 amide bonds. The minimum absolute atomic E-state index is 0.128. The van der Waals surface area contributed by atoms with E-state index in [-0.39, 0.29) is 5.41 Å². The largest absolute Gasteiger partial charge is 0.310 e. The number of hydrogen-bond donors (Lipinski definition) is 0. The second-order valence-electron chi connectivity index (χ2n) is 35.6. The van der Waals surface area contributed by atoms with E-state index in [4.69, 9.17) is 0 Å². The standard InChI is InChI=1S/C68H45NS.C58H41NS/c1-5-19-48(20-6-1)67(49-21-7-2-8-22-49)61-30-16-13-27-55(61)57-40-38-53(44-63(57)67)69(52-36-33-46(34-37-52)47-35-42-66-60(43-47)59-29-15-18-32-65(59)70-66)54-39-41-58-56-28-14-17-31-62(56)68(64(58)45-54,50-23-9-3-10-24-50)51-25-11-4-12-26-51;1-57(2)51-22-12-9-19-45(51)47-32-30-43(36-53(47)57)59(42-28-25-38(26-29-42)39-27-34-56-50(35-39)49-21-11-14-24-55(49)60-56)44-31-33-48-46-20-10-13-23-52(46)58(54(48)37-44,40-15-5-3-6-16-40)41-17-7-4-8-18-41/h1-45H;3-37H,1-2H3. The van der Waals surface area contributed by atoms with Crippen LogP contribution in [0.15, 0.2) is 485 Å². The lowest BCUT2D eigenvalue weighted by atomic mass is 9.67. The Bertz CT molecular complexity index is 7870. The number of rotatable bonds is 14. The molecule has 26 rings (SSSR count). The molecule has 22 aromatic rings. The molecule has 20 aromatic carbocycles. The average molecular weight is 1690 g/mol. The molecule has 0 saturated heterocycles. The Hall–Kier alpha value is -15.6.